The van der Waals surface area contributed by atoms with Crippen LogP contribution in [0, 0.1) is 5.92 Å². The zero-order valence-electron chi connectivity index (χ0n) is 9.97. The quantitative estimate of drug-likeness (QED) is 0.689. The minimum atomic E-state index is -3.54. The molecule has 0 atom stereocenters. The van der Waals surface area contributed by atoms with Gasteiger partial charge in [-0.25, -0.2) is 4.98 Å². The molecule has 17 heavy (non-hydrogen) atoms. The van der Waals surface area contributed by atoms with Gasteiger partial charge < -0.3 is 5.73 Å². The van der Waals surface area contributed by atoms with Crippen molar-refractivity contribution in [3.8, 4) is 0 Å². The molecule has 0 saturated heterocycles. The lowest BCUT2D eigenvalue weighted by Gasteiger charge is -2.10. The number of rotatable bonds is 6. The largest absolute Gasteiger partial charge is 0.326 e. The maximum Gasteiger partial charge on any atom is 0.300 e. The van der Waals surface area contributed by atoms with Crippen LogP contribution in [0.4, 0.5) is 5.82 Å². The van der Waals surface area contributed by atoms with E-state index in [1.807, 2.05) is 13.8 Å². The first-order chi connectivity index (χ1) is 7.93. The second-order valence-corrected chi connectivity index (χ2v) is 5.60. The molecule has 96 valence electrons. The maximum atomic E-state index is 11.6. The fraction of sp³-hybridized carbons (Fsp3) is 0.500. The second kappa shape index (κ2) is 5.95. The van der Waals surface area contributed by atoms with E-state index in [1.165, 1.54) is 0 Å². The van der Waals surface area contributed by atoms with Gasteiger partial charge in [0.15, 0.2) is 0 Å². The van der Waals surface area contributed by atoms with E-state index in [0.717, 1.165) is 5.56 Å². The van der Waals surface area contributed by atoms with Gasteiger partial charge >= 0.3 is 0 Å². The minimum absolute atomic E-state index is 0.249. The van der Waals surface area contributed by atoms with Gasteiger partial charge in [-0.2, -0.15) is 13.1 Å². The summed E-state index contributed by atoms with van der Waals surface area (Å²) in [5.41, 5.74) is 6.27. The Hall–Kier alpha value is -1.18. The van der Waals surface area contributed by atoms with Crippen LogP contribution in [0.2, 0.25) is 0 Å². The molecule has 1 rings (SSSR count). The number of aromatic nitrogens is 1. The highest BCUT2D eigenvalue weighted by molar-refractivity contribution is 7.90. The van der Waals surface area contributed by atoms with Gasteiger partial charge in [0.25, 0.3) is 10.2 Å². The number of nitrogens with two attached hydrogens (primary N) is 1. The molecule has 0 aliphatic rings. The molecule has 0 unspecified atom stereocenters. The van der Waals surface area contributed by atoms with Crippen LogP contribution in [0.1, 0.15) is 19.4 Å². The van der Waals surface area contributed by atoms with Crippen molar-refractivity contribution < 1.29 is 8.42 Å². The van der Waals surface area contributed by atoms with Crippen LogP contribution in [0.25, 0.3) is 0 Å². The summed E-state index contributed by atoms with van der Waals surface area (Å²) in [6.07, 6.45) is 1.54. The van der Waals surface area contributed by atoms with Crippen molar-refractivity contribution in [2.75, 3.05) is 11.3 Å². The Labute approximate surface area is 102 Å². The number of pyridine rings is 1. The molecule has 0 fully saturated rings. The predicted octanol–water partition coefficient (Wildman–Crippen LogP) is 0.443. The number of nitrogens with one attached hydrogen (secondary N) is 2. The molecule has 0 radical (unpaired) electrons. The Bertz CT molecular complexity index is 442. The first-order valence-corrected chi connectivity index (χ1v) is 6.83. The third-order valence-corrected chi connectivity index (χ3v) is 3.01. The van der Waals surface area contributed by atoms with Gasteiger partial charge in [-0.05, 0) is 17.5 Å². The van der Waals surface area contributed by atoms with Crippen molar-refractivity contribution in [1.82, 2.24) is 9.71 Å². The van der Waals surface area contributed by atoms with Crippen LogP contribution in [-0.4, -0.2) is 19.9 Å². The number of anilines is 1. The van der Waals surface area contributed by atoms with Crippen molar-refractivity contribution in [2.45, 2.75) is 20.4 Å². The van der Waals surface area contributed by atoms with Gasteiger partial charge in [-0.15, -0.1) is 0 Å². The van der Waals surface area contributed by atoms with Gasteiger partial charge in [0.05, 0.1) is 0 Å². The molecule has 7 heteroatoms. The van der Waals surface area contributed by atoms with E-state index in [9.17, 15) is 8.42 Å². The van der Waals surface area contributed by atoms with Gasteiger partial charge in [-0.1, -0.05) is 19.9 Å². The summed E-state index contributed by atoms with van der Waals surface area (Å²) >= 11 is 0. The van der Waals surface area contributed by atoms with Crippen LogP contribution in [0.15, 0.2) is 18.3 Å². The molecular weight excluding hydrogens is 240 g/mol. The van der Waals surface area contributed by atoms with Crippen LogP contribution < -0.4 is 15.2 Å². The van der Waals surface area contributed by atoms with E-state index >= 15 is 0 Å². The minimum Gasteiger partial charge on any atom is -0.326 e. The predicted molar refractivity (Wildman–Crippen MR) is 67.5 cm³/mol. The Balaban J connectivity index is 2.63. The van der Waals surface area contributed by atoms with Gasteiger partial charge in [0.2, 0.25) is 0 Å². The monoisotopic (exact) mass is 258 g/mol. The Kier molecular flexibility index (Phi) is 4.86. The van der Waals surface area contributed by atoms with E-state index in [4.69, 9.17) is 5.73 Å². The van der Waals surface area contributed by atoms with Crippen LogP contribution in [-0.2, 0) is 16.8 Å². The highest BCUT2D eigenvalue weighted by Gasteiger charge is 2.10. The van der Waals surface area contributed by atoms with Crippen molar-refractivity contribution in [3.63, 3.8) is 0 Å². The second-order valence-electron chi connectivity index (χ2n) is 4.10. The highest BCUT2D eigenvalue weighted by Crippen LogP contribution is 2.06. The van der Waals surface area contributed by atoms with Gasteiger partial charge in [-0.3, -0.25) is 4.72 Å². The lowest BCUT2D eigenvalue weighted by atomic mass is 10.2. The van der Waals surface area contributed by atoms with Crippen molar-refractivity contribution in [3.05, 3.63) is 23.9 Å². The fourth-order valence-corrected chi connectivity index (χ4v) is 2.08. The van der Waals surface area contributed by atoms with Crippen molar-refractivity contribution in [2.24, 2.45) is 11.7 Å². The maximum absolute atomic E-state index is 11.6. The van der Waals surface area contributed by atoms with Crippen LogP contribution >= 0.6 is 0 Å². The van der Waals surface area contributed by atoms with E-state index < -0.39 is 10.2 Å². The number of hydrogen-bond acceptors (Lipinski definition) is 4. The molecule has 1 heterocycles. The van der Waals surface area contributed by atoms with Crippen molar-refractivity contribution in [1.29, 1.82) is 0 Å². The molecule has 1 aromatic heterocycles. The summed E-state index contributed by atoms with van der Waals surface area (Å²) in [4.78, 5) is 3.95. The first-order valence-electron chi connectivity index (χ1n) is 5.35. The average molecular weight is 258 g/mol. The topological polar surface area (TPSA) is 97.1 Å². The molecule has 0 aromatic carbocycles. The molecule has 6 nitrogen and oxygen atoms in total. The zero-order chi connectivity index (χ0) is 12.9. The fourth-order valence-electron chi connectivity index (χ4n) is 1.06. The zero-order valence-corrected chi connectivity index (χ0v) is 10.8. The van der Waals surface area contributed by atoms with Gasteiger partial charge in [0.1, 0.15) is 5.82 Å². The third-order valence-electron chi connectivity index (χ3n) is 1.98. The van der Waals surface area contributed by atoms with E-state index in [0.29, 0.717) is 13.1 Å². The Morgan fingerprint density at radius 2 is 2.12 bits per heavy atom. The summed E-state index contributed by atoms with van der Waals surface area (Å²) in [6, 6.07) is 3.31. The summed E-state index contributed by atoms with van der Waals surface area (Å²) in [5.74, 6) is 0.526. The highest BCUT2D eigenvalue weighted by atomic mass is 32.2. The molecule has 4 N–H and O–H groups in total. The SMILES string of the molecule is CC(C)CNS(=O)(=O)Nc1ccc(CN)cn1. The average Bonchev–Trinajstić information content (AvgIpc) is 2.27. The molecule has 0 saturated carbocycles. The Morgan fingerprint density at radius 1 is 1.41 bits per heavy atom. The molecule has 0 amide bonds. The molecule has 0 aliphatic heterocycles. The normalized spacial score (nSPS) is 11.8. The van der Waals surface area contributed by atoms with E-state index in [-0.39, 0.29) is 11.7 Å². The van der Waals surface area contributed by atoms with E-state index in [2.05, 4.69) is 14.4 Å². The standard InChI is InChI=1S/C10H18N4O2S/c1-8(2)6-13-17(15,16)14-10-4-3-9(5-11)7-12-10/h3-4,7-8,13H,5-6,11H2,1-2H3,(H,12,14). The number of hydrogen-bond donors (Lipinski definition) is 3. The molecule has 1 aromatic rings. The third kappa shape index (κ3) is 5.12. The van der Waals surface area contributed by atoms with Crippen molar-refractivity contribution >= 4 is 16.0 Å². The molecular formula is C10H18N4O2S. The summed E-state index contributed by atoms with van der Waals surface area (Å²) < 4.78 is 27.9. The summed E-state index contributed by atoms with van der Waals surface area (Å²) in [7, 11) is -3.54. The van der Waals surface area contributed by atoms with E-state index in [1.54, 1.807) is 18.3 Å². The smallest absolute Gasteiger partial charge is 0.300 e. The number of nitrogens with zero attached hydrogens (tertiary/aromatic N) is 1. The summed E-state index contributed by atoms with van der Waals surface area (Å²) in [5, 5.41) is 0. The van der Waals surface area contributed by atoms with Crippen LogP contribution in [0.3, 0.4) is 0 Å². The lowest BCUT2D eigenvalue weighted by Crippen LogP contribution is -2.33. The molecule has 0 aliphatic carbocycles. The molecule has 0 spiro atoms. The first kappa shape index (κ1) is 13.9. The van der Waals surface area contributed by atoms with Gasteiger partial charge in [0, 0.05) is 19.3 Å². The lowest BCUT2D eigenvalue weighted by molar-refractivity contribution is 0.564. The van der Waals surface area contributed by atoms with Crippen LogP contribution in [0.5, 0.6) is 0 Å². The Morgan fingerprint density at radius 3 is 2.59 bits per heavy atom. The molecule has 0 bridgehead atoms. The summed E-state index contributed by atoms with van der Waals surface area (Å²) in [6.45, 7) is 4.62.